The van der Waals surface area contributed by atoms with E-state index in [1.165, 1.54) is 161 Å². The van der Waals surface area contributed by atoms with E-state index in [1.807, 2.05) is 0 Å². The minimum atomic E-state index is -4.95. The first-order valence-electron chi connectivity index (χ1n) is 36.0. The molecule has 0 heterocycles. The number of rotatable bonds is 68. The third kappa shape index (κ3) is 61.6. The van der Waals surface area contributed by atoms with Crippen molar-refractivity contribution in [3.63, 3.8) is 0 Å². The highest BCUT2D eigenvalue weighted by molar-refractivity contribution is 7.47. The van der Waals surface area contributed by atoms with E-state index in [4.69, 9.17) is 37.0 Å². The molecule has 0 bridgehead atoms. The Morgan fingerprint density at radius 2 is 0.580 bits per heavy atom. The molecule has 522 valence electrons. The van der Waals surface area contributed by atoms with Gasteiger partial charge in [-0.25, -0.2) is 9.13 Å². The predicted octanol–water partition coefficient (Wildman–Crippen LogP) is 19.6. The summed E-state index contributed by atoms with van der Waals surface area (Å²) in [6.07, 6.45) is 46.0. The first-order valence-corrected chi connectivity index (χ1v) is 39.0. The molecule has 0 aliphatic rings. The van der Waals surface area contributed by atoms with Crippen molar-refractivity contribution in [3.05, 3.63) is 0 Å². The van der Waals surface area contributed by atoms with E-state index in [2.05, 4.69) is 41.5 Å². The number of phosphoric ester groups is 2. The Morgan fingerprint density at radius 3 is 0.864 bits per heavy atom. The Kier molecular flexibility index (Phi) is 59.9. The lowest BCUT2D eigenvalue weighted by Crippen LogP contribution is -2.30. The summed E-state index contributed by atoms with van der Waals surface area (Å²) in [5.41, 5.74) is 0. The summed E-state index contributed by atoms with van der Waals surface area (Å²) in [7, 11) is -9.89. The van der Waals surface area contributed by atoms with Crippen molar-refractivity contribution in [3.8, 4) is 0 Å². The quantitative estimate of drug-likeness (QED) is 0.0222. The van der Waals surface area contributed by atoms with Crippen molar-refractivity contribution in [2.24, 2.45) is 11.8 Å². The molecule has 0 spiro atoms. The van der Waals surface area contributed by atoms with E-state index in [1.54, 1.807) is 0 Å². The Labute approximate surface area is 537 Å². The molecule has 0 aromatic rings. The van der Waals surface area contributed by atoms with Crippen molar-refractivity contribution in [2.75, 3.05) is 39.6 Å². The van der Waals surface area contributed by atoms with Crippen LogP contribution >= 0.6 is 15.6 Å². The molecule has 0 aliphatic heterocycles. The molecule has 0 saturated heterocycles. The van der Waals surface area contributed by atoms with Gasteiger partial charge in [0, 0.05) is 25.7 Å². The fraction of sp³-hybridized carbons (Fsp3) is 0.942. The molecule has 88 heavy (non-hydrogen) atoms. The molecule has 17 nitrogen and oxygen atoms in total. The van der Waals surface area contributed by atoms with Gasteiger partial charge in [-0.1, -0.05) is 298 Å². The standard InChI is InChI=1S/C69H134O17P2/c1-7-10-12-14-16-18-19-22-26-29-33-40-46-52-67(72)80-57-64(85-68(73)53-47-41-34-30-27-24-21-20-23-25-28-31-38-44-50-62(6)9-3)59-83-87(75,76)81-55-63(70)56-82-88(77,78)84-60-65(58-79-66(71)51-45-39-32-17-15-13-11-8-2)86-69(74)54-48-42-36-35-37-43-49-61(4)5/h61-65,70H,7-60H2,1-6H3,(H,75,76)(H,77,78)/t62?,63-,64-,65-/m1/s1. The second-order valence-corrected chi connectivity index (χ2v) is 28.5. The van der Waals surface area contributed by atoms with Gasteiger partial charge in [-0.3, -0.25) is 37.3 Å². The lowest BCUT2D eigenvalue weighted by Gasteiger charge is -2.21. The molecule has 0 saturated carbocycles. The zero-order valence-electron chi connectivity index (χ0n) is 57.0. The molecule has 19 heteroatoms. The third-order valence-corrected chi connectivity index (χ3v) is 18.2. The van der Waals surface area contributed by atoms with Gasteiger partial charge < -0.3 is 33.8 Å². The summed E-state index contributed by atoms with van der Waals surface area (Å²) in [6, 6.07) is 0. The smallest absolute Gasteiger partial charge is 0.462 e. The molecule has 3 N–H and O–H groups in total. The van der Waals surface area contributed by atoms with Crippen LogP contribution in [0.1, 0.15) is 350 Å². The predicted molar refractivity (Wildman–Crippen MR) is 354 cm³/mol. The van der Waals surface area contributed by atoms with Gasteiger partial charge in [-0.15, -0.1) is 0 Å². The second kappa shape index (κ2) is 61.3. The molecule has 0 aromatic carbocycles. The molecule has 0 fully saturated rings. The lowest BCUT2D eigenvalue weighted by atomic mass is 9.99. The average Bonchev–Trinajstić information content (AvgIpc) is 3.54. The van der Waals surface area contributed by atoms with E-state index in [0.29, 0.717) is 31.6 Å². The number of carbonyl (C=O) groups is 4. The van der Waals surface area contributed by atoms with Gasteiger partial charge in [0.15, 0.2) is 12.2 Å². The number of aliphatic hydroxyl groups excluding tert-OH is 1. The summed E-state index contributed by atoms with van der Waals surface area (Å²) in [5.74, 6) is -0.616. The Hall–Kier alpha value is -1.94. The average molecular weight is 1300 g/mol. The summed E-state index contributed by atoms with van der Waals surface area (Å²) in [5, 5.41) is 10.6. The van der Waals surface area contributed by atoms with E-state index >= 15 is 0 Å². The summed E-state index contributed by atoms with van der Waals surface area (Å²) < 4.78 is 68.1. The third-order valence-electron chi connectivity index (χ3n) is 16.3. The number of carbonyl (C=O) groups excluding carboxylic acids is 4. The number of phosphoric acid groups is 2. The molecule has 6 atom stereocenters. The molecule has 0 aromatic heterocycles. The molecular formula is C69H134O17P2. The number of ether oxygens (including phenoxy) is 4. The SMILES string of the molecule is CCCCCCCCCCCCCCCC(=O)OC[C@H](COP(=O)(O)OC[C@@H](O)COP(=O)(O)OC[C@@H](COC(=O)CCCCCCCCCC)OC(=O)CCCCCCCCC(C)C)OC(=O)CCCCCCCCCCCCCCCCC(C)CC. The highest BCUT2D eigenvalue weighted by Crippen LogP contribution is 2.45. The van der Waals surface area contributed by atoms with Crippen molar-refractivity contribution in [2.45, 2.75) is 368 Å². The fourth-order valence-corrected chi connectivity index (χ4v) is 12.0. The van der Waals surface area contributed by atoms with Gasteiger partial charge in [0.25, 0.3) is 0 Å². The van der Waals surface area contributed by atoms with Crippen LogP contribution in [0.25, 0.3) is 0 Å². The van der Waals surface area contributed by atoms with Crippen LogP contribution in [0.5, 0.6) is 0 Å². The topological polar surface area (TPSA) is 237 Å². The van der Waals surface area contributed by atoms with Crippen LogP contribution in [0.15, 0.2) is 0 Å². The van der Waals surface area contributed by atoms with E-state index in [9.17, 15) is 43.2 Å². The molecule has 0 amide bonds. The second-order valence-electron chi connectivity index (χ2n) is 25.6. The number of unbranched alkanes of at least 4 members (excludes halogenated alkanes) is 37. The molecule has 0 radical (unpaired) electrons. The van der Waals surface area contributed by atoms with E-state index < -0.39 is 97.5 Å². The molecule has 3 unspecified atom stereocenters. The Bertz CT molecular complexity index is 1720. The van der Waals surface area contributed by atoms with Crippen molar-refractivity contribution in [1.82, 2.24) is 0 Å². The molecular weight excluding hydrogens is 1160 g/mol. The zero-order chi connectivity index (χ0) is 65.0. The Morgan fingerprint density at radius 1 is 0.330 bits per heavy atom. The van der Waals surface area contributed by atoms with Gasteiger partial charge in [-0.2, -0.15) is 0 Å². The van der Waals surface area contributed by atoms with Gasteiger partial charge in [0.1, 0.15) is 19.3 Å². The van der Waals surface area contributed by atoms with Gasteiger partial charge >= 0.3 is 39.5 Å². The molecule has 0 rings (SSSR count). The van der Waals surface area contributed by atoms with Crippen LogP contribution in [-0.4, -0.2) is 96.7 Å². The first kappa shape index (κ1) is 86.1. The highest BCUT2D eigenvalue weighted by atomic mass is 31.2. The normalized spacial score (nSPS) is 14.5. The minimum Gasteiger partial charge on any atom is -0.462 e. The van der Waals surface area contributed by atoms with Crippen molar-refractivity contribution >= 4 is 39.5 Å². The van der Waals surface area contributed by atoms with Gasteiger partial charge in [0.2, 0.25) is 0 Å². The minimum absolute atomic E-state index is 0.102. The maximum Gasteiger partial charge on any atom is 0.472 e. The number of aliphatic hydroxyl groups is 1. The van der Waals surface area contributed by atoms with Gasteiger partial charge in [0.05, 0.1) is 26.4 Å². The van der Waals surface area contributed by atoms with Crippen molar-refractivity contribution < 1.29 is 80.2 Å². The van der Waals surface area contributed by atoms with Crippen LogP contribution in [0.4, 0.5) is 0 Å². The van der Waals surface area contributed by atoms with Gasteiger partial charge in [-0.05, 0) is 37.5 Å². The largest absolute Gasteiger partial charge is 0.472 e. The summed E-state index contributed by atoms with van der Waals surface area (Å²) in [4.78, 5) is 72.3. The maximum absolute atomic E-state index is 13.0. The van der Waals surface area contributed by atoms with E-state index in [-0.39, 0.29) is 25.7 Å². The van der Waals surface area contributed by atoms with E-state index in [0.717, 1.165) is 102 Å². The zero-order valence-corrected chi connectivity index (χ0v) is 58.8. The fourth-order valence-electron chi connectivity index (χ4n) is 10.4. The maximum atomic E-state index is 13.0. The monoisotopic (exact) mass is 1300 g/mol. The Balaban J connectivity index is 5.20. The van der Waals surface area contributed by atoms with Crippen LogP contribution in [0.2, 0.25) is 0 Å². The number of esters is 4. The van der Waals surface area contributed by atoms with Crippen LogP contribution in [-0.2, 0) is 65.4 Å². The van der Waals surface area contributed by atoms with Crippen LogP contribution < -0.4 is 0 Å². The first-order chi connectivity index (χ1) is 42.4. The summed E-state index contributed by atoms with van der Waals surface area (Å²) in [6.45, 7) is 9.47. The van der Waals surface area contributed by atoms with Crippen LogP contribution in [0, 0.1) is 11.8 Å². The van der Waals surface area contributed by atoms with Crippen molar-refractivity contribution in [1.29, 1.82) is 0 Å². The molecule has 0 aliphatic carbocycles. The number of hydrogen-bond donors (Lipinski definition) is 3. The summed E-state index contributed by atoms with van der Waals surface area (Å²) >= 11 is 0. The highest BCUT2D eigenvalue weighted by Gasteiger charge is 2.30. The number of hydrogen-bond acceptors (Lipinski definition) is 15. The van der Waals surface area contributed by atoms with Crippen LogP contribution in [0.3, 0.4) is 0 Å². The lowest BCUT2D eigenvalue weighted by molar-refractivity contribution is -0.161.